The van der Waals surface area contributed by atoms with Crippen LogP contribution in [-0.4, -0.2) is 66.3 Å². The Morgan fingerprint density at radius 2 is 1.59 bits per heavy atom. The van der Waals surface area contributed by atoms with Crippen molar-refractivity contribution in [3.63, 3.8) is 0 Å². The van der Waals surface area contributed by atoms with Gasteiger partial charge in [-0.1, -0.05) is 48.5 Å². The minimum atomic E-state index is -1.08. The van der Waals surface area contributed by atoms with Crippen LogP contribution in [0.1, 0.15) is 51.2 Å². The molecule has 0 unspecified atom stereocenters. The van der Waals surface area contributed by atoms with Crippen molar-refractivity contribution in [3.05, 3.63) is 59.7 Å². The standard InChI is InChI=1S/C28H33NO8/c1-27(2)34-15-22(35-27)25-24(36-28(3,4)37-25)21(13-23(30)31)29-26(32)33-14-20-18-11-7-5-9-16(18)17-10-6-8-12-19(17)20/h5-12,20-22,24-25H,13-15H2,1-4H3,(H,29,32)(H,30,31)/t21-,22-,24-,25-/m1/s1. The maximum atomic E-state index is 13.0. The number of ether oxygens (including phenoxy) is 5. The second-order valence-corrected chi connectivity index (χ2v) is 10.6. The van der Waals surface area contributed by atoms with Gasteiger partial charge in [0, 0.05) is 5.92 Å². The van der Waals surface area contributed by atoms with E-state index >= 15 is 0 Å². The fraction of sp³-hybridized carbons (Fsp3) is 0.500. The van der Waals surface area contributed by atoms with Crippen LogP contribution in [-0.2, 0) is 28.5 Å². The molecule has 2 saturated heterocycles. The minimum Gasteiger partial charge on any atom is -0.481 e. The van der Waals surface area contributed by atoms with Gasteiger partial charge in [-0.05, 0) is 49.9 Å². The van der Waals surface area contributed by atoms with Crippen molar-refractivity contribution in [2.24, 2.45) is 0 Å². The first-order valence-corrected chi connectivity index (χ1v) is 12.5. The summed E-state index contributed by atoms with van der Waals surface area (Å²) in [5.41, 5.74) is 4.43. The lowest BCUT2D eigenvalue weighted by atomic mass is 9.98. The van der Waals surface area contributed by atoms with E-state index in [0.717, 1.165) is 22.3 Å². The molecule has 0 radical (unpaired) electrons. The zero-order valence-electron chi connectivity index (χ0n) is 21.4. The number of rotatable bonds is 7. The van der Waals surface area contributed by atoms with Crippen molar-refractivity contribution in [2.45, 2.75) is 76.0 Å². The molecule has 4 atom stereocenters. The van der Waals surface area contributed by atoms with Crippen LogP contribution in [0, 0.1) is 0 Å². The van der Waals surface area contributed by atoms with E-state index in [0.29, 0.717) is 0 Å². The molecule has 198 valence electrons. The largest absolute Gasteiger partial charge is 0.481 e. The number of amides is 1. The highest BCUT2D eigenvalue weighted by molar-refractivity contribution is 5.79. The SMILES string of the molecule is CC1(C)O[C@H]([C@@H](CC(=O)O)NC(=O)OCC2c3ccccc3-c3ccccc32)[C@@H]([C@H]2COC(C)(C)O2)O1. The fourth-order valence-corrected chi connectivity index (χ4v) is 5.52. The fourth-order valence-electron chi connectivity index (χ4n) is 5.52. The molecule has 1 aliphatic carbocycles. The van der Waals surface area contributed by atoms with Gasteiger partial charge in [-0.2, -0.15) is 0 Å². The van der Waals surface area contributed by atoms with Gasteiger partial charge in [0.15, 0.2) is 11.6 Å². The van der Waals surface area contributed by atoms with Crippen LogP contribution in [0.3, 0.4) is 0 Å². The Balaban J connectivity index is 1.30. The molecule has 2 fully saturated rings. The zero-order chi connectivity index (χ0) is 26.4. The maximum Gasteiger partial charge on any atom is 0.407 e. The summed E-state index contributed by atoms with van der Waals surface area (Å²) in [6, 6.07) is 15.2. The average Bonchev–Trinajstić information content (AvgIpc) is 3.47. The lowest BCUT2D eigenvalue weighted by Crippen LogP contribution is -2.52. The van der Waals surface area contributed by atoms with Crippen molar-refractivity contribution < 1.29 is 38.4 Å². The Morgan fingerprint density at radius 1 is 0.973 bits per heavy atom. The number of benzene rings is 2. The minimum absolute atomic E-state index is 0.111. The van der Waals surface area contributed by atoms with E-state index in [1.807, 2.05) is 36.4 Å². The Morgan fingerprint density at radius 3 is 2.16 bits per heavy atom. The van der Waals surface area contributed by atoms with Crippen LogP contribution in [0.25, 0.3) is 11.1 Å². The van der Waals surface area contributed by atoms with Crippen LogP contribution in [0.15, 0.2) is 48.5 Å². The van der Waals surface area contributed by atoms with E-state index in [-0.39, 0.29) is 25.6 Å². The van der Waals surface area contributed by atoms with E-state index in [9.17, 15) is 14.7 Å². The third kappa shape index (κ3) is 5.36. The molecule has 3 aliphatic rings. The number of aliphatic carboxylic acids is 1. The lowest BCUT2D eigenvalue weighted by molar-refractivity contribution is -0.175. The van der Waals surface area contributed by atoms with Crippen LogP contribution in [0.2, 0.25) is 0 Å². The van der Waals surface area contributed by atoms with Gasteiger partial charge < -0.3 is 34.1 Å². The normalized spacial score (nSPS) is 26.3. The van der Waals surface area contributed by atoms with Crippen LogP contribution >= 0.6 is 0 Å². The first-order chi connectivity index (χ1) is 17.5. The summed E-state index contributed by atoms with van der Waals surface area (Å²) >= 11 is 0. The van der Waals surface area contributed by atoms with Gasteiger partial charge >= 0.3 is 12.1 Å². The Hall–Kier alpha value is -2.98. The summed E-state index contributed by atoms with van der Waals surface area (Å²) in [7, 11) is 0. The summed E-state index contributed by atoms with van der Waals surface area (Å²) in [4.78, 5) is 24.7. The van der Waals surface area contributed by atoms with E-state index in [2.05, 4.69) is 17.4 Å². The number of nitrogens with one attached hydrogen (secondary N) is 1. The summed E-state index contributed by atoms with van der Waals surface area (Å²) < 4.78 is 29.5. The molecule has 2 aromatic carbocycles. The second-order valence-electron chi connectivity index (χ2n) is 10.6. The molecule has 0 spiro atoms. The maximum absolute atomic E-state index is 13.0. The number of carboxylic acid groups (broad SMARTS) is 1. The molecular weight excluding hydrogens is 478 g/mol. The lowest BCUT2D eigenvalue weighted by Gasteiger charge is -2.29. The van der Waals surface area contributed by atoms with Gasteiger partial charge in [-0.25, -0.2) is 4.79 Å². The van der Waals surface area contributed by atoms with Crippen LogP contribution in [0.4, 0.5) is 4.79 Å². The first kappa shape index (κ1) is 25.7. The molecule has 2 aliphatic heterocycles. The van der Waals surface area contributed by atoms with E-state index in [4.69, 9.17) is 23.7 Å². The molecule has 9 nitrogen and oxygen atoms in total. The molecule has 0 aromatic heterocycles. The summed E-state index contributed by atoms with van der Waals surface area (Å²) in [5, 5.41) is 12.3. The van der Waals surface area contributed by atoms with Crippen LogP contribution < -0.4 is 5.32 Å². The van der Waals surface area contributed by atoms with Crippen molar-refractivity contribution >= 4 is 12.1 Å². The number of carbonyl (C=O) groups is 2. The molecule has 2 heterocycles. The molecule has 0 bridgehead atoms. The molecule has 37 heavy (non-hydrogen) atoms. The predicted molar refractivity (Wildman–Crippen MR) is 133 cm³/mol. The highest BCUT2D eigenvalue weighted by Gasteiger charge is 2.52. The molecule has 2 N–H and O–H groups in total. The first-order valence-electron chi connectivity index (χ1n) is 12.5. The predicted octanol–water partition coefficient (Wildman–Crippen LogP) is 4.04. The van der Waals surface area contributed by atoms with Crippen molar-refractivity contribution in [2.75, 3.05) is 13.2 Å². The van der Waals surface area contributed by atoms with Crippen molar-refractivity contribution in [1.29, 1.82) is 0 Å². The molecule has 1 amide bonds. The van der Waals surface area contributed by atoms with Gasteiger partial charge in [-0.3, -0.25) is 4.79 Å². The quantitative estimate of drug-likeness (QED) is 0.573. The zero-order valence-corrected chi connectivity index (χ0v) is 21.4. The Labute approximate surface area is 216 Å². The number of carboxylic acids is 1. The molecular formula is C28H33NO8. The van der Waals surface area contributed by atoms with Gasteiger partial charge in [-0.15, -0.1) is 0 Å². The van der Waals surface area contributed by atoms with Crippen LogP contribution in [0.5, 0.6) is 0 Å². The van der Waals surface area contributed by atoms with E-state index < -0.39 is 48.0 Å². The van der Waals surface area contributed by atoms with Gasteiger partial charge in [0.05, 0.1) is 19.1 Å². The summed E-state index contributed by atoms with van der Waals surface area (Å²) in [6.07, 6.45) is -3.00. The monoisotopic (exact) mass is 511 g/mol. The third-order valence-corrected chi connectivity index (χ3v) is 7.00. The average molecular weight is 512 g/mol. The third-order valence-electron chi connectivity index (χ3n) is 7.00. The molecule has 2 aromatic rings. The smallest absolute Gasteiger partial charge is 0.407 e. The number of alkyl carbamates (subject to hydrolysis) is 1. The van der Waals surface area contributed by atoms with Gasteiger partial charge in [0.1, 0.15) is 24.9 Å². The highest BCUT2D eigenvalue weighted by Crippen LogP contribution is 2.44. The van der Waals surface area contributed by atoms with Gasteiger partial charge in [0.25, 0.3) is 0 Å². The number of fused-ring (bicyclic) bond motifs is 3. The molecule has 9 heteroatoms. The Kier molecular flexibility index (Phi) is 6.74. The summed E-state index contributed by atoms with van der Waals surface area (Å²) in [6.45, 7) is 7.46. The van der Waals surface area contributed by atoms with Crippen molar-refractivity contribution in [1.82, 2.24) is 5.32 Å². The van der Waals surface area contributed by atoms with E-state index in [1.165, 1.54) is 0 Å². The molecule has 0 saturated carbocycles. The topological polar surface area (TPSA) is 113 Å². The van der Waals surface area contributed by atoms with E-state index in [1.54, 1.807) is 27.7 Å². The number of carbonyl (C=O) groups excluding carboxylic acids is 1. The van der Waals surface area contributed by atoms with Gasteiger partial charge in [0.2, 0.25) is 0 Å². The Bertz CT molecular complexity index is 1130. The van der Waals surface area contributed by atoms with Crippen molar-refractivity contribution in [3.8, 4) is 11.1 Å². The number of hydrogen-bond acceptors (Lipinski definition) is 7. The second kappa shape index (κ2) is 9.72. The molecule has 5 rings (SSSR count). The number of hydrogen-bond donors (Lipinski definition) is 2. The summed E-state index contributed by atoms with van der Waals surface area (Å²) in [5.74, 6) is -2.99. The highest BCUT2D eigenvalue weighted by atomic mass is 16.8.